The first-order chi connectivity index (χ1) is 14.3. The molecule has 1 amide bonds. The molecule has 6 nitrogen and oxygen atoms in total. The van der Waals surface area contributed by atoms with E-state index in [1.54, 1.807) is 25.3 Å². The number of carbonyl (C=O) groups is 1. The Labute approximate surface area is 180 Å². The summed E-state index contributed by atoms with van der Waals surface area (Å²) in [6.07, 6.45) is 0. The summed E-state index contributed by atoms with van der Waals surface area (Å²) in [5.41, 5.74) is 1.30. The molecule has 0 saturated carbocycles. The molecule has 0 fully saturated rings. The molecule has 0 aliphatic heterocycles. The van der Waals surface area contributed by atoms with Gasteiger partial charge in [-0.05, 0) is 55.0 Å². The second-order valence-corrected chi connectivity index (χ2v) is 8.67. The molecule has 30 heavy (non-hydrogen) atoms. The van der Waals surface area contributed by atoms with Crippen LogP contribution in [0.4, 0.5) is 5.69 Å². The Balaban J connectivity index is 1.78. The second-order valence-electron chi connectivity index (χ2n) is 6.58. The highest BCUT2D eigenvalue weighted by atomic mass is 35.5. The van der Waals surface area contributed by atoms with Gasteiger partial charge in [0.25, 0.3) is 15.9 Å². The molecular weight excluding hydrogens is 424 g/mol. The van der Waals surface area contributed by atoms with Crippen molar-refractivity contribution in [2.75, 3.05) is 11.8 Å². The Bertz CT molecular complexity index is 1130. The smallest absolute Gasteiger partial charge is 0.261 e. The molecule has 0 aliphatic rings. The van der Waals surface area contributed by atoms with E-state index in [2.05, 4.69) is 10.0 Å². The fourth-order valence-corrected chi connectivity index (χ4v) is 4.10. The molecule has 1 atom stereocenters. The van der Waals surface area contributed by atoms with E-state index in [0.29, 0.717) is 0 Å². The van der Waals surface area contributed by atoms with Crippen molar-refractivity contribution >= 4 is 33.2 Å². The van der Waals surface area contributed by atoms with Crippen LogP contribution in [-0.2, 0) is 10.0 Å². The number of rotatable bonds is 7. The summed E-state index contributed by atoms with van der Waals surface area (Å²) in [6.45, 7) is 1.84. The Hall–Kier alpha value is -3.03. The standard InChI is InChI=1S/C22H21ClN2O4S/c1-15(16-8-11-18(29-2)12-9-16)24-22(26)20-14-17(10-13-21(20)23)25-30(27,28)19-6-4-3-5-7-19/h3-15,25H,1-2H3,(H,24,26)/t15-/m1/s1. The van der Waals surface area contributed by atoms with Crippen LogP contribution in [0, 0.1) is 0 Å². The van der Waals surface area contributed by atoms with Gasteiger partial charge in [-0.1, -0.05) is 41.9 Å². The minimum absolute atomic E-state index is 0.124. The molecule has 0 radical (unpaired) electrons. The van der Waals surface area contributed by atoms with Gasteiger partial charge in [0.2, 0.25) is 0 Å². The highest BCUT2D eigenvalue weighted by Crippen LogP contribution is 2.24. The van der Waals surface area contributed by atoms with E-state index in [1.165, 1.54) is 30.3 Å². The minimum atomic E-state index is -3.78. The summed E-state index contributed by atoms with van der Waals surface area (Å²) in [5, 5.41) is 3.09. The van der Waals surface area contributed by atoms with Gasteiger partial charge >= 0.3 is 0 Å². The van der Waals surface area contributed by atoms with Crippen LogP contribution in [0.5, 0.6) is 5.75 Å². The van der Waals surface area contributed by atoms with Gasteiger partial charge in [-0.25, -0.2) is 8.42 Å². The summed E-state index contributed by atoms with van der Waals surface area (Å²) in [4.78, 5) is 12.9. The topological polar surface area (TPSA) is 84.5 Å². The van der Waals surface area contributed by atoms with Crippen molar-refractivity contribution in [2.24, 2.45) is 0 Å². The number of benzene rings is 3. The van der Waals surface area contributed by atoms with Gasteiger partial charge in [0.05, 0.1) is 28.6 Å². The maximum Gasteiger partial charge on any atom is 0.261 e. The van der Waals surface area contributed by atoms with Crippen LogP contribution in [-0.4, -0.2) is 21.4 Å². The van der Waals surface area contributed by atoms with Crippen molar-refractivity contribution < 1.29 is 17.9 Å². The molecule has 0 unspecified atom stereocenters. The number of hydrogen-bond donors (Lipinski definition) is 2. The Morgan fingerprint density at radius 2 is 1.67 bits per heavy atom. The summed E-state index contributed by atoms with van der Waals surface area (Å²) in [5.74, 6) is 0.308. The molecule has 0 saturated heterocycles. The van der Waals surface area contributed by atoms with E-state index in [-0.39, 0.29) is 27.2 Å². The lowest BCUT2D eigenvalue weighted by molar-refractivity contribution is 0.0940. The van der Waals surface area contributed by atoms with Gasteiger partial charge in [0.1, 0.15) is 5.75 Å². The number of anilines is 1. The number of carbonyl (C=O) groups excluding carboxylic acids is 1. The van der Waals surface area contributed by atoms with E-state index in [9.17, 15) is 13.2 Å². The van der Waals surface area contributed by atoms with Crippen LogP contribution >= 0.6 is 11.6 Å². The first-order valence-corrected chi connectivity index (χ1v) is 11.0. The third-order valence-corrected chi connectivity index (χ3v) is 6.21. The molecule has 0 heterocycles. The van der Waals surface area contributed by atoms with Crippen LogP contribution in [0.15, 0.2) is 77.7 Å². The van der Waals surface area contributed by atoms with Crippen LogP contribution in [0.1, 0.15) is 28.9 Å². The SMILES string of the molecule is COc1ccc([C@@H](C)NC(=O)c2cc(NS(=O)(=O)c3ccccc3)ccc2Cl)cc1. The zero-order valence-electron chi connectivity index (χ0n) is 16.4. The highest BCUT2D eigenvalue weighted by molar-refractivity contribution is 7.92. The molecule has 2 N–H and O–H groups in total. The Morgan fingerprint density at radius 3 is 2.30 bits per heavy atom. The lowest BCUT2D eigenvalue weighted by Crippen LogP contribution is -2.27. The second kappa shape index (κ2) is 9.19. The molecule has 0 aliphatic carbocycles. The van der Waals surface area contributed by atoms with E-state index in [1.807, 2.05) is 31.2 Å². The maximum absolute atomic E-state index is 12.8. The molecule has 3 aromatic carbocycles. The van der Waals surface area contributed by atoms with Gasteiger partial charge in [0, 0.05) is 5.69 Å². The van der Waals surface area contributed by atoms with Crippen LogP contribution < -0.4 is 14.8 Å². The van der Waals surface area contributed by atoms with Crippen molar-refractivity contribution in [1.29, 1.82) is 0 Å². The molecule has 3 rings (SSSR count). The zero-order valence-corrected chi connectivity index (χ0v) is 18.0. The van der Waals surface area contributed by atoms with E-state index < -0.39 is 15.9 Å². The maximum atomic E-state index is 12.8. The summed E-state index contributed by atoms with van der Waals surface area (Å²) >= 11 is 6.19. The van der Waals surface area contributed by atoms with Crippen molar-refractivity contribution in [3.05, 3.63) is 88.9 Å². The first kappa shape index (κ1) is 21.7. The molecule has 8 heteroatoms. The quantitative estimate of drug-likeness (QED) is 0.556. The van der Waals surface area contributed by atoms with Crippen molar-refractivity contribution in [2.45, 2.75) is 17.9 Å². The van der Waals surface area contributed by atoms with Gasteiger partial charge < -0.3 is 10.1 Å². The van der Waals surface area contributed by atoms with Crippen LogP contribution in [0.3, 0.4) is 0 Å². The number of sulfonamides is 1. The average Bonchev–Trinajstić information content (AvgIpc) is 2.75. The largest absolute Gasteiger partial charge is 0.497 e. The summed E-state index contributed by atoms with van der Waals surface area (Å²) in [7, 11) is -2.19. The van der Waals surface area contributed by atoms with Crippen LogP contribution in [0.2, 0.25) is 5.02 Å². The zero-order chi connectivity index (χ0) is 21.7. The van der Waals surface area contributed by atoms with Gasteiger partial charge in [-0.15, -0.1) is 0 Å². The van der Waals surface area contributed by atoms with Gasteiger partial charge in [-0.3, -0.25) is 9.52 Å². The number of methoxy groups -OCH3 is 1. The van der Waals surface area contributed by atoms with E-state index in [0.717, 1.165) is 11.3 Å². The fourth-order valence-electron chi connectivity index (χ4n) is 2.83. The van der Waals surface area contributed by atoms with Crippen molar-refractivity contribution in [3.8, 4) is 5.75 Å². The third kappa shape index (κ3) is 5.11. The van der Waals surface area contributed by atoms with Crippen molar-refractivity contribution in [1.82, 2.24) is 5.32 Å². The first-order valence-electron chi connectivity index (χ1n) is 9.12. The Morgan fingerprint density at radius 1 is 1.00 bits per heavy atom. The highest BCUT2D eigenvalue weighted by Gasteiger charge is 2.18. The average molecular weight is 445 g/mol. The number of ether oxygens (including phenoxy) is 1. The fraction of sp³-hybridized carbons (Fsp3) is 0.136. The predicted octanol–water partition coefficient (Wildman–Crippen LogP) is 4.64. The summed E-state index contributed by atoms with van der Waals surface area (Å²) in [6, 6.07) is 19.4. The number of amides is 1. The minimum Gasteiger partial charge on any atom is -0.497 e. The number of halogens is 1. The lowest BCUT2D eigenvalue weighted by Gasteiger charge is -2.16. The summed E-state index contributed by atoms with van der Waals surface area (Å²) < 4.78 is 32.7. The molecule has 3 aromatic rings. The predicted molar refractivity (Wildman–Crippen MR) is 118 cm³/mol. The Kier molecular flexibility index (Phi) is 6.64. The normalized spacial score (nSPS) is 12.1. The van der Waals surface area contributed by atoms with Crippen molar-refractivity contribution in [3.63, 3.8) is 0 Å². The van der Waals surface area contributed by atoms with E-state index in [4.69, 9.17) is 16.3 Å². The molecule has 0 bridgehead atoms. The molecule has 0 aromatic heterocycles. The number of nitrogens with one attached hydrogen (secondary N) is 2. The van der Waals surface area contributed by atoms with Gasteiger partial charge in [-0.2, -0.15) is 0 Å². The van der Waals surface area contributed by atoms with Gasteiger partial charge in [0.15, 0.2) is 0 Å². The molecule has 156 valence electrons. The third-order valence-electron chi connectivity index (χ3n) is 4.48. The molecular formula is C22H21ClN2O4S. The monoisotopic (exact) mass is 444 g/mol. The van der Waals surface area contributed by atoms with Crippen LogP contribution in [0.25, 0.3) is 0 Å². The molecule has 0 spiro atoms. The lowest BCUT2D eigenvalue weighted by atomic mass is 10.1. The number of hydrogen-bond acceptors (Lipinski definition) is 4. The van der Waals surface area contributed by atoms with E-state index >= 15 is 0 Å².